The lowest BCUT2D eigenvalue weighted by Crippen LogP contribution is -2.23. The van der Waals surface area contributed by atoms with E-state index in [0.29, 0.717) is 22.8 Å². The average molecular weight is 343 g/mol. The zero-order valence-electron chi connectivity index (χ0n) is 12.9. The Labute approximate surface area is 143 Å². The van der Waals surface area contributed by atoms with Crippen molar-refractivity contribution < 1.29 is 9.59 Å². The van der Waals surface area contributed by atoms with Gasteiger partial charge in [-0.15, -0.1) is 0 Å². The first-order valence-corrected chi connectivity index (χ1v) is 7.68. The molecular formula is C17H15ClN4O2. The van der Waals surface area contributed by atoms with E-state index in [0.717, 1.165) is 11.3 Å². The molecule has 0 aliphatic carbocycles. The third kappa shape index (κ3) is 3.72. The molecule has 24 heavy (non-hydrogen) atoms. The van der Waals surface area contributed by atoms with Gasteiger partial charge in [-0.1, -0.05) is 17.7 Å². The molecule has 2 aromatic heterocycles. The molecule has 3 aromatic rings. The number of pyridine rings is 1. The second-order valence-corrected chi connectivity index (χ2v) is 5.72. The summed E-state index contributed by atoms with van der Waals surface area (Å²) < 4.78 is 1.84. The standard InChI is InChI=1S/C17H15ClN4O2/c1-11(23)20-14-4-2-3-12(7-14)17(24)19-9-15-10-22-6-5-13(18)8-16(22)21-15/h2-8,10H,9H2,1H3,(H,19,24)(H,20,23). The Morgan fingerprint density at radius 2 is 2.08 bits per heavy atom. The summed E-state index contributed by atoms with van der Waals surface area (Å²) in [6.07, 6.45) is 3.65. The first-order valence-electron chi connectivity index (χ1n) is 7.30. The predicted octanol–water partition coefficient (Wildman–Crippen LogP) is 2.88. The van der Waals surface area contributed by atoms with E-state index in [1.54, 1.807) is 36.4 Å². The summed E-state index contributed by atoms with van der Waals surface area (Å²) in [6, 6.07) is 10.3. The van der Waals surface area contributed by atoms with Crippen molar-refractivity contribution in [3.8, 4) is 0 Å². The molecule has 7 heteroatoms. The van der Waals surface area contributed by atoms with Crippen LogP contribution in [0.3, 0.4) is 0 Å². The maximum absolute atomic E-state index is 12.2. The average Bonchev–Trinajstić information content (AvgIpc) is 2.94. The van der Waals surface area contributed by atoms with Crippen LogP contribution in [-0.2, 0) is 11.3 Å². The van der Waals surface area contributed by atoms with Crippen LogP contribution in [0.4, 0.5) is 5.69 Å². The molecule has 6 nitrogen and oxygen atoms in total. The highest BCUT2D eigenvalue weighted by atomic mass is 35.5. The molecule has 0 unspecified atom stereocenters. The number of hydrogen-bond acceptors (Lipinski definition) is 3. The van der Waals surface area contributed by atoms with Crippen LogP contribution in [-0.4, -0.2) is 21.2 Å². The first-order chi connectivity index (χ1) is 11.5. The third-order valence-corrected chi connectivity index (χ3v) is 3.58. The second-order valence-electron chi connectivity index (χ2n) is 5.29. The van der Waals surface area contributed by atoms with Gasteiger partial charge in [-0.2, -0.15) is 0 Å². The van der Waals surface area contributed by atoms with Crippen LogP contribution in [0, 0.1) is 0 Å². The number of hydrogen-bond donors (Lipinski definition) is 2. The Bertz CT molecular complexity index is 920. The maximum Gasteiger partial charge on any atom is 0.251 e. The van der Waals surface area contributed by atoms with Gasteiger partial charge in [-0.05, 0) is 30.3 Å². The van der Waals surface area contributed by atoms with Crippen LogP contribution in [0.5, 0.6) is 0 Å². The monoisotopic (exact) mass is 342 g/mol. The number of aromatic nitrogens is 2. The molecule has 0 radical (unpaired) electrons. The minimum absolute atomic E-state index is 0.184. The molecule has 0 saturated heterocycles. The number of halogens is 1. The highest BCUT2D eigenvalue weighted by Gasteiger charge is 2.08. The van der Waals surface area contributed by atoms with Gasteiger partial charge in [0.2, 0.25) is 5.91 Å². The van der Waals surface area contributed by atoms with Crippen molar-refractivity contribution in [2.75, 3.05) is 5.32 Å². The highest BCUT2D eigenvalue weighted by molar-refractivity contribution is 6.30. The van der Waals surface area contributed by atoms with E-state index < -0.39 is 0 Å². The zero-order valence-corrected chi connectivity index (χ0v) is 13.7. The molecule has 0 saturated carbocycles. The van der Waals surface area contributed by atoms with Gasteiger partial charge < -0.3 is 15.0 Å². The molecule has 0 aliphatic rings. The number of fused-ring (bicyclic) bond motifs is 1. The van der Waals surface area contributed by atoms with Crippen LogP contribution in [0.25, 0.3) is 5.65 Å². The van der Waals surface area contributed by atoms with Crippen LogP contribution >= 0.6 is 11.6 Å². The quantitative estimate of drug-likeness (QED) is 0.765. The second kappa shape index (κ2) is 6.72. The number of carbonyl (C=O) groups excluding carboxylic acids is 2. The van der Waals surface area contributed by atoms with E-state index in [-0.39, 0.29) is 11.8 Å². The van der Waals surface area contributed by atoms with Gasteiger partial charge in [0, 0.05) is 35.6 Å². The molecule has 0 atom stereocenters. The van der Waals surface area contributed by atoms with Crippen molar-refractivity contribution in [3.63, 3.8) is 0 Å². The van der Waals surface area contributed by atoms with E-state index in [4.69, 9.17) is 11.6 Å². The normalized spacial score (nSPS) is 10.6. The molecule has 2 N–H and O–H groups in total. The molecule has 2 heterocycles. The van der Waals surface area contributed by atoms with Crippen molar-refractivity contribution in [2.45, 2.75) is 13.5 Å². The van der Waals surface area contributed by atoms with Crippen LogP contribution in [0.2, 0.25) is 5.02 Å². The van der Waals surface area contributed by atoms with Crippen LogP contribution in [0.1, 0.15) is 23.0 Å². The van der Waals surface area contributed by atoms with Crippen LogP contribution < -0.4 is 10.6 Å². The molecule has 2 amide bonds. The molecule has 1 aromatic carbocycles. The zero-order chi connectivity index (χ0) is 17.1. The highest BCUT2D eigenvalue weighted by Crippen LogP contribution is 2.13. The Balaban J connectivity index is 1.69. The number of carbonyl (C=O) groups is 2. The predicted molar refractivity (Wildman–Crippen MR) is 92.1 cm³/mol. The summed E-state index contributed by atoms with van der Waals surface area (Å²) >= 11 is 5.93. The summed E-state index contributed by atoms with van der Waals surface area (Å²) in [5, 5.41) is 6.07. The lowest BCUT2D eigenvalue weighted by atomic mass is 10.2. The first kappa shape index (κ1) is 16.0. The minimum atomic E-state index is -0.239. The van der Waals surface area contributed by atoms with Gasteiger partial charge in [0.05, 0.1) is 12.2 Å². The van der Waals surface area contributed by atoms with E-state index >= 15 is 0 Å². The largest absolute Gasteiger partial charge is 0.346 e. The smallest absolute Gasteiger partial charge is 0.251 e. The number of rotatable bonds is 4. The van der Waals surface area contributed by atoms with Crippen molar-refractivity contribution in [2.24, 2.45) is 0 Å². The number of amides is 2. The molecule has 0 fully saturated rings. The Hall–Kier alpha value is -2.86. The van der Waals surface area contributed by atoms with E-state index in [9.17, 15) is 9.59 Å². The van der Waals surface area contributed by atoms with E-state index in [2.05, 4.69) is 15.6 Å². The number of benzene rings is 1. The Morgan fingerprint density at radius 1 is 1.25 bits per heavy atom. The summed E-state index contributed by atoms with van der Waals surface area (Å²) in [5.41, 5.74) is 2.49. The number of nitrogens with one attached hydrogen (secondary N) is 2. The lowest BCUT2D eigenvalue weighted by Gasteiger charge is -2.06. The van der Waals surface area contributed by atoms with Crippen molar-refractivity contribution in [1.29, 1.82) is 0 Å². The van der Waals surface area contributed by atoms with E-state index in [1.807, 2.05) is 16.8 Å². The number of nitrogens with zero attached hydrogens (tertiary/aromatic N) is 2. The molecule has 122 valence electrons. The number of anilines is 1. The van der Waals surface area contributed by atoms with Gasteiger partial charge >= 0.3 is 0 Å². The molecular weight excluding hydrogens is 328 g/mol. The Kier molecular flexibility index (Phi) is 4.48. The Morgan fingerprint density at radius 3 is 2.88 bits per heavy atom. The summed E-state index contributed by atoms with van der Waals surface area (Å²) in [6.45, 7) is 1.71. The summed E-state index contributed by atoms with van der Waals surface area (Å²) in [7, 11) is 0. The van der Waals surface area contributed by atoms with Gasteiger partial charge in [-0.25, -0.2) is 4.98 Å². The molecule has 0 bridgehead atoms. The fourth-order valence-corrected chi connectivity index (χ4v) is 2.46. The van der Waals surface area contributed by atoms with Crippen molar-refractivity contribution in [1.82, 2.24) is 14.7 Å². The molecule has 0 spiro atoms. The topological polar surface area (TPSA) is 75.5 Å². The van der Waals surface area contributed by atoms with E-state index in [1.165, 1.54) is 6.92 Å². The summed E-state index contributed by atoms with van der Waals surface area (Å²) in [4.78, 5) is 27.7. The maximum atomic E-state index is 12.2. The third-order valence-electron chi connectivity index (χ3n) is 3.35. The summed E-state index contributed by atoms with van der Waals surface area (Å²) in [5.74, 6) is -0.423. The SMILES string of the molecule is CC(=O)Nc1cccc(C(=O)NCc2cn3ccc(Cl)cc3n2)c1. The molecule has 3 rings (SSSR count). The van der Waals surface area contributed by atoms with Gasteiger partial charge in [0.15, 0.2) is 0 Å². The molecule has 0 aliphatic heterocycles. The van der Waals surface area contributed by atoms with Crippen LogP contribution in [0.15, 0.2) is 48.8 Å². The van der Waals surface area contributed by atoms with Gasteiger partial charge in [0.1, 0.15) is 5.65 Å². The van der Waals surface area contributed by atoms with Crippen molar-refractivity contribution in [3.05, 3.63) is 65.1 Å². The van der Waals surface area contributed by atoms with Gasteiger partial charge in [-0.3, -0.25) is 9.59 Å². The van der Waals surface area contributed by atoms with Crippen molar-refractivity contribution >= 4 is 34.7 Å². The minimum Gasteiger partial charge on any atom is -0.346 e. The lowest BCUT2D eigenvalue weighted by molar-refractivity contribution is -0.114. The van der Waals surface area contributed by atoms with Gasteiger partial charge in [0.25, 0.3) is 5.91 Å². The number of imidazole rings is 1. The fourth-order valence-electron chi connectivity index (χ4n) is 2.31. The fraction of sp³-hybridized carbons (Fsp3) is 0.118.